The summed E-state index contributed by atoms with van der Waals surface area (Å²) in [5.41, 5.74) is -1.42. The van der Waals surface area contributed by atoms with Crippen LogP contribution in [0, 0.1) is 11.3 Å². The molecule has 2 aliphatic carbocycles. The number of likely N-dealkylation sites (tertiary alicyclic amines) is 1. The van der Waals surface area contributed by atoms with Crippen molar-refractivity contribution in [1.82, 2.24) is 20.5 Å². The molecule has 2 aromatic rings. The number of carbonyl (C=O) groups excluding carboxylic acids is 3. The van der Waals surface area contributed by atoms with Crippen molar-refractivity contribution in [3.63, 3.8) is 0 Å². The van der Waals surface area contributed by atoms with E-state index in [1.54, 1.807) is 48.7 Å². The minimum Gasteiger partial charge on any atom is -0.497 e. The van der Waals surface area contributed by atoms with Crippen molar-refractivity contribution in [2.24, 2.45) is 11.3 Å². The van der Waals surface area contributed by atoms with Gasteiger partial charge in [-0.15, -0.1) is 6.58 Å². The Morgan fingerprint density at radius 3 is 2.38 bits per heavy atom. The first-order valence-corrected chi connectivity index (χ1v) is 16.1. The highest BCUT2D eigenvalue weighted by atomic mass is 16.6. The number of hydrogen-bond acceptors (Lipinski definition) is 8. The van der Waals surface area contributed by atoms with E-state index in [-0.39, 0.29) is 19.4 Å². The average Bonchev–Trinajstić information content (AvgIpc) is 3.90. The molecule has 5 rings (SSSR count). The molecule has 5 unspecified atom stereocenters. The van der Waals surface area contributed by atoms with Crippen LogP contribution in [0.5, 0.6) is 11.5 Å². The van der Waals surface area contributed by atoms with Gasteiger partial charge in [0, 0.05) is 41.5 Å². The molecule has 3 aliphatic rings. The number of hydrogen-bond donors (Lipinski definition) is 3. The number of fused-ring (bicyclic) bond motifs is 1. The first kappa shape index (κ1) is 34.0. The maximum atomic E-state index is 14.3. The van der Waals surface area contributed by atoms with Gasteiger partial charge in [0.2, 0.25) is 11.8 Å². The minimum absolute atomic E-state index is 0.0309. The first-order chi connectivity index (χ1) is 22.0. The second kappa shape index (κ2) is 12.4. The molecular weight excluding hydrogens is 604 g/mol. The summed E-state index contributed by atoms with van der Waals surface area (Å²) in [5, 5.41) is 16.2. The van der Waals surface area contributed by atoms with Gasteiger partial charge in [-0.2, -0.15) is 0 Å². The van der Waals surface area contributed by atoms with Crippen molar-refractivity contribution in [1.29, 1.82) is 0 Å². The van der Waals surface area contributed by atoms with Gasteiger partial charge in [-0.3, -0.25) is 14.6 Å². The second-order valence-electron chi connectivity index (χ2n) is 14.9. The van der Waals surface area contributed by atoms with Gasteiger partial charge in [0.05, 0.1) is 19.2 Å². The van der Waals surface area contributed by atoms with E-state index < -0.39 is 64.5 Å². The average molecular weight is 651 g/mol. The predicted molar refractivity (Wildman–Crippen MR) is 174 cm³/mol. The van der Waals surface area contributed by atoms with Crippen LogP contribution in [-0.4, -0.2) is 81.8 Å². The number of carboxylic acid groups (broad SMARTS) is 1. The molecule has 3 fully saturated rings. The predicted octanol–water partition coefficient (Wildman–Crippen LogP) is 4.55. The Bertz CT molecular complexity index is 1590. The zero-order valence-corrected chi connectivity index (χ0v) is 28.2. The highest BCUT2D eigenvalue weighted by Gasteiger charge is 2.61. The van der Waals surface area contributed by atoms with Crippen molar-refractivity contribution in [3.05, 3.63) is 42.6 Å². The molecule has 12 heteroatoms. The van der Waals surface area contributed by atoms with Crippen LogP contribution in [-0.2, 0) is 19.1 Å². The lowest BCUT2D eigenvalue weighted by atomic mass is 9.85. The molecule has 1 saturated heterocycles. The topological polar surface area (TPSA) is 156 Å². The minimum atomic E-state index is -1.48. The number of aromatic nitrogens is 1. The molecule has 1 aliphatic heterocycles. The maximum Gasteiger partial charge on any atom is 0.408 e. The standard InChI is InChI=1S/C35H46N4O8/c1-9-20-17-35(20,31(42)43)38-29(40)26-15-22(18-39(26)30(41)28(33(2,3)4)37-32(44)47-34(5,6)7)46-27-16-24(19-10-11-19)36-25-14-21(45-8)12-13-23(25)27/h9,12-14,16,19-20,22,26,28H,1,10-11,15,17-18H2,2-8H3,(H,37,44)(H,38,40)(H,42,43). The van der Waals surface area contributed by atoms with Crippen LogP contribution in [0.1, 0.15) is 78.8 Å². The van der Waals surface area contributed by atoms with Gasteiger partial charge in [-0.05, 0) is 57.6 Å². The first-order valence-electron chi connectivity index (χ1n) is 16.1. The molecule has 3 N–H and O–H groups in total. The van der Waals surface area contributed by atoms with Crippen LogP contribution >= 0.6 is 0 Å². The van der Waals surface area contributed by atoms with E-state index in [9.17, 15) is 24.3 Å². The van der Waals surface area contributed by atoms with Crippen LogP contribution in [0.3, 0.4) is 0 Å². The number of benzene rings is 1. The lowest BCUT2D eigenvalue weighted by molar-refractivity contribution is -0.146. The molecule has 5 atom stereocenters. The Kier molecular flexibility index (Phi) is 8.93. The lowest BCUT2D eigenvalue weighted by Gasteiger charge is -2.35. The number of carbonyl (C=O) groups is 4. The molecule has 47 heavy (non-hydrogen) atoms. The number of carboxylic acids is 1. The Morgan fingerprint density at radius 2 is 1.83 bits per heavy atom. The molecule has 12 nitrogen and oxygen atoms in total. The summed E-state index contributed by atoms with van der Waals surface area (Å²) >= 11 is 0. The number of ether oxygens (including phenoxy) is 3. The molecule has 2 saturated carbocycles. The SMILES string of the molecule is C=CC1CC1(NC(=O)C1CC(Oc2cc(C3CC3)nc3cc(OC)ccc23)CN1C(=O)C(NC(=O)OC(C)(C)C)C(C)(C)C)C(=O)O. The van der Waals surface area contributed by atoms with Crippen molar-refractivity contribution in [2.75, 3.05) is 13.7 Å². The number of aliphatic carboxylic acids is 1. The number of nitrogens with zero attached hydrogens (tertiary/aromatic N) is 2. The van der Waals surface area contributed by atoms with Gasteiger partial charge in [-0.1, -0.05) is 26.8 Å². The normalized spacial score (nSPS) is 24.7. The smallest absolute Gasteiger partial charge is 0.408 e. The summed E-state index contributed by atoms with van der Waals surface area (Å²) < 4.78 is 17.5. The van der Waals surface area contributed by atoms with E-state index in [1.165, 1.54) is 11.0 Å². The van der Waals surface area contributed by atoms with E-state index in [0.717, 1.165) is 23.9 Å². The monoisotopic (exact) mass is 650 g/mol. The summed E-state index contributed by atoms with van der Waals surface area (Å²) in [6.45, 7) is 14.3. The molecule has 0 radical (unpaired) electrons. The lowest BCUT2D eigenvalue weighted by Crippen LogP contribution is -2.59. The quantitative estimate of drug-likeness (QED) is 0.314. The van der Waals surface area contributed by atoms with Crippen LogP contribution in [0.25, 0.3) is 10.9 Å². The summed E-state index contributed by atoms with van der Waals surface area (Å²) in [6.07, 6.45) is 2.51. The molecule has 3 amide bonds. The van der Waals surface area contributed by atoms with Crippen LogP contribution in [0.15, 0.2) is 36.9 Å². The fourth-order valence-electron chi connectivity index (χ4n) is 6.12. The number of amides is 3. The van der Waals surface area contributed by atoms with Crippen LogP contribution in [0.4, 0.5) is 4.79 Å². The number of methoxy groups -OCH3 is 1. The van der Waals surface area contributed by atoms with Crippen molar-refractivity contribution < 1.29 is 38.5 Å². The van der Waals surface area contributed by atoms with Crippen LogP contribution in [0.2, 0.25) is 0 Å². The third-order valence-corrected chi connectivity index (χ3v) is 8.94. The summed E-state index contributed by atoms with van der Waals surface area (Å²) in [5.74, 6) is -1.13. The zero-order valence-electron chi connectivity index (χ0n) is 28.2. The van der Waals surface area contributed by atoms with Gasteiger partial charge in [0.1, 0.15) is 40.8 Å². The van der Waals surface area contributed by atoms with Crippen LogP contribution < -0.4 is 20.1 Å². The van der Waals surface area contributed by atoms with Gasteiger partial charge < -0.3 is 34.9 Å². The molecular formula is C35H46N4O8. The van der Waals surface area contributed by atoms with E-state index >= 15 is 0 Å². The fraction of sp³-hybridized carbons (Fsp3) is 0.571. The van der Waals surface area contributed by atoms with E-state index in [1.807, 2.05) is 24.3 Å². The molecule has 254 valence electrons. The van der Waals surface area contributed by atoms with Gasteiger partial charge in [-0.25, -0.2) is 9.59 Å². The maximum absolute atomic E-state index is 14.3. The summed E-state index contributed by atoms with van der Waals surface area (Å²) in [4.78, 5) is 59.6. The van der Waals surface area contributed by atoms with Crippen molar-refractivity contribution >= 4 is 34.8 Å². The zero-order chi connectivity index (χ0) is 34.5. The summed E-state index contributed by atoms with van der Waals surface area (Å²) in [6, 6.07) is 5.35. The third-order valence-electron chi connectivity index (χ3n) is 8.94. The van der Waals surface area contributed by atoms with Gasteiger partial charge in [0.25, 0.3) is 0 Å². The highest BCUT2D eigenvalue weighted by Crippen LogP contribution is 2.45. The highest BCUT2D eigenvalue weighted by molar-refractivity contribution is 5.96. The number of pyridine rings is 1. The number of rotatable bonds is 10. The Labute approximate surface area is 275 Å². The Balaban J connectivity index is 1.47. The van der Waals surface area contributed by atoms with E-state index in [0.29, 0.717) is 22.9 Å². The molecule has 1 aromatic carbocycles. The van der Waals surface area contributed by atoms with E-state index in [4.69, 9.17) is 19.2 Å². The summed E-state index contributed by atoms with van der Waals surface area (Å²) in [7, 11) is 1.59. The van der Waals surface area contributed by atoms with E-state index in [2.05, 4.69) is 17.2 Å². The number of alkyl carbamates (subject to hydrolysis) is 1. The molecule has 1 aromatic heterocycles. The van der Waals surface area contributed by atoms with Crippen molar-refractivity contribution in [2.45, 2.75) is 102 Å². The fourth-order valence-corrected chi connectivity index (χ4v) is 6.12. The largest absolute Gasteiger partial charge is 0.497 e. The molecule has 0 spiro atoms. The van der Waals surface area contributed by atoms with Crippen molar-refractivity contribution in [3.8, 4) is 11.5 Å². The molecule has 2 heterocycles. The van der Waals surface area contributed by atoms with Gasteiger partial charge in [0.15, 0.2) is 0 Å². The number of nitrogens with one attached hydrogen (secondary N) is 2. The van der Waals surface area contributed by atoms with Gasteiger partial charge >= 0.3 is 12.1 Å². The molecule has 0 bridgehead atoms. The Hall–Kier alpha value is -4.35. The third kappa shape index (κ3) is 7.31. The second-order valence-corrected chi connectivity index (χ2v) is 14.9. The Morgan fingerprint density at radius 1 is 1.13 bits per heavy atom.